The van der Waals surface area contributed by atoms with E-state index in [1.807, 2.05) is 0 Å². The highest BCUT2D eigenvalue weighted by Crippen LogP contribution is 2.42. The van der Waals surface area contributed by atoms with Gasteiger partial charge in [0.1, 0.15) is 16.8 Å². The molecular weight excluding hydrogens is 471 g/mol. The minimum atomic E-state index is -5.03. The molecule has 1 aromatic heterocycles. The molecule has 0 spiro atoms. The number of aromatic nitrogens is 1. The number of nitriles is 1. The summed E-state index contributed by atoms with van der Waals surface area (Å²) in [6, 6.07) is 8.57. The molecule has 3 N–H and O–H groups in total. The van der Waals surface area contributed by atoms with E-state index in [1.165, 1.54) is 40.8 Å². The lowest BCUT2D eigenvalue weighted by Gasteiger charge is -2.40. The van der Waals surface area contributed by atoms with Gasteiger partial charge in [-0.2, -0.15) is 22.7 Å². The van der Waals surface area contributed by atoms with Crippen molar-refractivity contribution in [2.24, 2.45) is 0 Å². The third-order valence-corrected chi connectivity index (χ3v) is 7.38. The van der Waals surface area contributed by atoms with Crippen molar-refractivity contribution in [1.29, 1.82) is 5.26 Å². The van der Waals surface area contributed by atoms with E-state index >= 15 is 0 Å². The lowest BCUT2D eigenvalue weighted by molar-refractivity contribution is -0.264. The Labute approximate surface area is 195 Å². The Balaban J connectivity index is 1.87. The Morgan fingerprint density at radius 1 is 1.21 bits per heavy atom. The summed E-state index contributed by atoms with van der Waals surface area (Å²) in [4.78, 5) is 5.60. The van der Waals surface area contributed by atoms with Gasteiger partial charge in [0.2, 0.25) is 10.0 Å². The minimum Gasteiger partial charge on any atom is -0.384 e. The number of aliphatic hydroxyl groups is 1. The molecule has 34 heavy (non-hydrogen) atoms. The molecule has 3 rings (SSSR count). The minimum absolute atomic E-state index is 0.00774. The van der Waals surface area contributed by atoms with Gasteiger partial charge < -0.3 is 15.7 Å². The molecule has 1 aromatic carbocycles. The first-order valence-electron chi connectivity index (χ1n) is 10.1. The van der Waals surface area contributed by atoms with Crippen molar-refractivity contribution >= 4 is 21.5 Å². The summed E-state index contributed by atoms with van der Waals surface area (Å²) in [5.74, 6) is 5.90. The molecule has 0 radical (unpaired) electrons. The summed E-state index contributed by atoms with van der Waals surface area (Å²) < 4.78 is 67.5. The van der Waals surface area contributed by atoms with Crippen LogP contribution >= 0.6 is 0 Å². The summed E-state index contributed by atoms with van der Waals surface area (Å²) in [6.07, 6.45) is -4.99. The van der Waals surface area contributed by atoms with Gasteiger partial charge in [-0.25, -0.2) is 13.4 Å². The zero-order chi connectivity index (χ0) is 25.1. The molecule has 12 heteroatoms. The number of sulfonamides is 1. The first-order chi connectivity index (χ1) is 15.9. The van der Waals surface area contributed by atoms with Crippen LogP contribution < -0.4 is 10.6 Å². The lowest BCUT2D eigenvalue weighted by atomic mass is 9.90. The fourth-order valence-electron chi connectivity index (χ4n) is 3.68. The van der Waals surface area contributed by atoms with Gasteiger partial charge in [0, 0.05) is 31.5 Å². The molecule has 1 saturated heterocycles. The highest BCUT2D eigenvalue weighted by Gasteiger charge is 2.55. The molecule has 1 fully saturated rings. The van der Waals surface area contributed by atoms with Crippen LogP contribution in [0.1, 0.15) is 18.9 Å². The Morgan fingerprint density at radius 3 is 2.41 bits per heavy atom. The van der Waals surface area contributed by atoms with Crippen LogP contribution in [0.5, 0.6) is 0 Å². The van der Waals surface area contributed by atoms with Gasteiger partial charge in [-0.15, -0.1) is 5.92 Å². The number of alkyl halides is 3. The fourth-order valence-corrected chi connectivity index (χ4v) is 5.06. The maximum Gasteiger partial charge on any atom is 0.422 e. The van der Waals surface area contributed by atoms with Gasteiger partial charge in [-0.1, -0.05) is 18.1 Å². The second-order valence-corrected chi connectivity index (χ2v) is 9.56. The molecule has 2 unspecified atom stereocenters. The van der Waals surface area contributed by atoms with Crippen LogP contribution in [0.15, 0.2) is 47.5 Å². The highest BCUT2D eigenvalue weighted by atomic mass is 32.2. The molecule has 8 nitrogen and oxygen atoms in total. The van der Waals surface area contributed by atoms with Crippen molar-refractivity contribution in [3.8, 4) is 17.9 Å². The Bertz CT molecular complexity index is 1230. The summed E-state index contributed by atoms with van der Waals surface area (Å²) in [5.41, 5.74) is 2.29. The number of pyridine rings is 1. The van der Waals surface area contributed by atoms with E-state index in [9.17, 15) is 26.7 Å². The van der Waals surface area contributed by atoms with Gasteiger partial charge in [-0.05, 0) is 36.8 Å². The molecule has 0 aliphatic carbocycles. The molecule has 1 aliphatic rings. The number of nitrogens with zero attached hydrogens (tertiary/aromatic N) is 4. The number of nitrogen functional groups attached to an aromatic ring is 1. The van der Waals surface area contributed by atoms with E-state index in [2.05, 4.69) is 16.8 Å². The van der Waals surface area contributed by atoms with E-state index < -0.39 is 39.8 Å². The molecule has 0 saturated carbocycles. The number of halogens is 3. The van der Waals surface area contributed by atoms with Crippen LogP contribution in [-0.2, 0) is 15.6 Å². The topological polar surface area (TPSA) is 124 Å². The van der Waals surface area contributed by atoms with Crippen molar-refractivity contribution in [3.05, 3.63) is 48.2 Å². The SMILES string of the molecule is CC#CC1CN(S(=O)(=O)c2ccc(N)nc2)CCN1c1ccc(C(O)(CC#N)C(F)(F)F)cc1. The van der Waals surface area contributed by atoms with E-state index in [0.717, 1.165) is 12.1 Å². The Hall–Kier alpha value is -3.32. The molecule has 2 atom stereocenters. The predicted molar refractivity (Wildman–Crippen MR) is 119 cm³/mol. The third kappa shape index (κ3) is 4.80. The van der Waals surface area contributed by atoms with Crippen molar-refractivity contribution in [2.45, 2.75) is 36.1 Å². The second-order valence-electron chi connectivity index (χ2n) is 7.63. The number of hydrogen-bond acceptors (Lipinski definition) is 7. The van der Waals surface area contributed by atoms with Gasteiger partial charge in [0.15, 0.2) is 5.60 Å². The van der Waals surface area contributed by atoms with Crippen LogP contribution in [0.4, 0.5) is 24.7 Å². The zero-order valence-corrected chi connectivity index (χ0v) is 18.9. The lowest BCUT2D eigenvalue weighted by Crippen LogP contribution is -2.54. The third-order valence-electron chi connectivity index (χ3n) is 5.53. The van der Waals surface area contributed by atoms with Crippen LogP contribution in [0.3, 0.4) is 0 Å². The Kier molecular flexibility index (Phi) is 7.07. The van der Waals surface area contributed by atoms with Crippen LogP contribution in [-0.4, -0.2) is 54.7 Å². The summed E-state index contributed by atoms with van der Waals surface area (Å²) in [6.45, 7) is 1.96. The van der Waals surface area contributed by atoms with E-state index in [1.54, 1.807) is 11.8 Å². The van der Waals surface area contributed by atoms with Gasteiger partial charge in [0.05, 0.1) is 12.5 Å². The Morgan fingerprint density at radius 2 is 1.88 bits per heavy atom. The first-order valence-corrected chi connectivity index (χ1v) is 11.5. The van der Waals surface area contributed by atoms with Crippen molar-refractivity contribution in [3.63, 3.8) is 0 Å². The summed E-state index contributed by atoms with van der Waals surface area (Å²) >= 11 is 0. The van der Waals surface area contributed by atoms with Gasteiger partial charge >= 0.3 is 6.18 Å². The van der Waals surface area contributed by atoms with Gasteiger partial charge in [0.25, 0.3) is 0 Å². The number of nitrogens with two attached hydrogens (primary N) is 1. The maximum atomic E-state index is 13.4. The number of rotatable bonds is 5. The average molecular weight is 494 g/mol. The van der Waals surface area contributed by atoms with E-state index in [4.69, 9.17) is 11.0 Å². The molecule has 2 aromatic rings. The second kappa shape index (κ2) is 9.50. The standard InChI is InChI=1S/C22H22F3N5O3S/c1-2-3-18-15-29(34(32,33)19-8-9-20(27)28-14-19)12-13-30(18)17-6-4-16(5-7-17)21(31,10-11-26)22(23,24)25/h4-9,14,18,31H,10,12-13,15H2,1H3,(H2,27,28). The molecular formula is C22H22F3N5O3S. The number of hydrogen-bond donors (Lipinski definition) is 2. The molecule has 1 aliphatic heterocycles. The highest BCUT2D eigenvalue weighted by molar-refractivity contribution is 7.89. The molecule has 2 heterocycles. The van der Waals surface area contributed by atoms with Crippen molar-refractivity contribution < 1.29 is 26.7 Å². The van der Waals surface area contributed by atoms with Crippen LogP contribution in [0, 0.1) is 23.2 Å². The summed E-state index contributed by atoms with van der Waals surface area (Å²) in [7, 11) is -3.85. The first kappa shape index (κ1) is 25.3. The maximum absolute atomic E-state index is 13.4. The largest absolute Gasteiger partial charge is 0.422 e. The number of benzene rings is 1. The predicted octanol–water partition coefficient (Wildman–Crippen LogP) is 2.23. The normalized spacial score (nSPS) is 18.9. The van der Waals surface area contributed by atoms with Crippen LogP contribution in [0.2, 0.25) is 0 Å². The molecule has 0 bridgehead atoms. The van der Waals surface area contributed by atoms with Crippen LogP contribution in [0.25, 0.3) is 0 Å². The quantitative estimate of drug-likeness (QED) is 0.612. The number of piperazine rings is 1. The van der Waals surface area contributed by atoms with Crippen molar-refractivity contribution in [2.75, 3.05) is 30.3 Å². The van der Waals surface area contributed by atoms with Crippen molar-refractivity contribution in [1.82, 2.24) is 9.29 Å². The molecule has 180 valence electrons. The monoisotopic (exact) mass is 493 g/mol. The fraction of sp³-hybridized carbons (Fsp3) is 0.364. The molecule has 0 amide bonds. The van der Waals surface area contributed by atoms with Gasteiger partial charge in [-0.3, -0.25) is 0 Å². The van der Waals surface area contributed by atoms with E-state index in [0.29, 0.717) is 5.69 Å². The number of anilines is 2. The summed E-state index contributed by atoms with van der Waals surface area (Å²) in [5, 5.41) is 18.9. The zero-order valence-electron chi connectivity index (χ0n) is 18.1. The smallest absolute Gasteiger partial charge is 0.384 e. The van der Waals surface area contributed by atoms with E-state index in [-0.39, 0.29) is 30.3 Å². The average Bonchev–Trinajstić information content (AvgIpc) is 2.79.